The molecule has 4 aromatic heterocycles. The Morgan fingerprint density at radius 2 is 1.35 bits per heavy atom. The lowest BCUT2D eigenvalue weighted by atomic mass is 9.94. The SMILES string of the molecule is CCC1=C(C)C2=NC1(Br)C(Br)c1[nH]c(c(CCC[n+]3ccccc3)c1C)C=C1N=C(C=c3[nH]c(c(CC)c3C)=C2)C(C)=C1CCC[n+]1ccccc1. The van der Waals surface area contributed by atoms with Gasteiger partial charge in [0.25, 0.3) is 0 Å². The van der Waals surface area contributed by atoms with Crippen molar-refractivity contribution in [2.45, 2.75) is 102 Å². The molecule has 0 aliphatic carbocycles. The zero-order valence-corrected chi connectivity index (χ0v) is 34.5. The number of pyridine rings is 2. The highest BCUT2D eigenvalue weighted by Gasteiger charge is 2.45. The zero-order valence-electron chi connectivity index (χ0n) is 31.3. The summed E-state index contributed by atoms with van der Waals surface area (Å²) in [6.07, 6.45) is 21.2. The molecule has 268 valence electrons. The summed E-state index contributed by atoms with van der Waals surface area (Å²) in [6, 6.07) is 12.5. The largest absolute Gasteiger partial charge is 0.357 e. The van der Waals surface area contributed by atoms with Crippen LogP contribution in [0.25, 0.3) is 18.2 Å². The van der Waals surface area contributed by atoms with Crippen molar-refractivity contribution in [1.29, 1.82) is 0 Å². The fourth-order valence-electron chi connectivity index (χ4n) is 8.24. The van der Waals surface area contributed by atoms with E-state index in [9.17, 15) is 0 Å². The number of aryl methyl sites for hydroxylation is 2. The van der Waals surface area contributed by atoms with Crippen LogP contribution < -0.4 is 19.8 Å². The Morgan fingerprint density at radius 1 is 0.712 bits per heavy atom. The Labute approximate surface area is 324 Å². The van der Waals surface area contributed by atoms with Crippen LogP contribution in [0, 0.1) is 13.8 Å². The minimum atomic E-state index is -0.621. The molecule has 2 N–H and O–H groups in total. The van der Waals surface area contributed by atoms with Gasteiger partial charge in [-0.25, -0.2) is 14.1 Å². The van der Waals surface area contributed by atoms with Crippen LogP contribution >= 0.6 is 31.9 Å². The average Bonchev–Trinajstić information content (AvgIpc) is 3.80. The molecule has 3 aliphatic rings. The minimum Gasteiger partial charge on any atom is -0.357 e. The highest BCUT2D eigenvalue weighted by Crippen LogP contribution is 2.53. The number of hydrogen-bond acceptors (Lipinski definition) is 2. The predicted octanol–water partition coefficient (Wildman–Crippen LogP) is 8.31. The van der Waals surface area contributed by atoms with Crippen molar-refractivity contribution in [3.05, 3.63) is 134 Å². The number of nitrogens with zero attached hydrogens (tertiary/aromatic N) is 4. The monoisotopic (exact) mass is 820 g/mol. The van der Waals surface area contributed by atoms with Gasteiger partial charge in [-0.05, 0) is 116 Å². The van der Waals surface area contributed by atoms with E-state index < -0.39 is 4.45 Å². The fraction of sp³-hybridized carbons (Fsp3) is 0.364. The van der Waals surface area contributed by atoms with Crippen LogP contribution in [0.5, 0.6) is 0 Å². The number of alkyl halides is 2. The van der Waals surface area contributed by atoms with E-state index in [2.05, 4.69) is 172 Å². The molecule has 0 saturated carbocycles. The normalized spacial score (nSPS) is 19.8. The summed E-state index contributed by atoms with van der Waals surface area (Å²) < 4.78 is 3.92. The van der Waals surface area contributed by atoms with Crippen molar-refractivity contribution in [3.8, 4) is 0 Å². The number of fused-ring (bicyclic) bond motifs is 6. The fourth-order valence-corrected chi connectivity index (χ4v) is 10.1. The van der Waals surface area contributed by atoms with E-state index in [-0.39, 0.29) is 4.83 Å². The average molecular weight is 823 g/mol. The Morgan fingerprint density at radius 3 is 1.98 bits per heavy atom. The standard InChI is InChI=1S/C44H50Br2N6/c1-7-32-28(3)36-25-37-29(4)33(17-15-23-51-19-11-9-12-20-51)40(48-37)27-41-34(18-16-24-52-21-13-10-14-22-52)30(5)42(49-41)43(45)44(46)35(8-2)31(6)38(50-44)26-39(32)47-36/h9-14,19-22,25-27,43,47,49H,7-8,15-18,23-24H2,1-6H3/q+2. The van der Waals surface area contributed by atoms with Crippen LogP contribution in [0.1, 0.15) is 91.8 Å². The van der Waals surface area contributed by atoms with Gasteiger partial charge in [0, 0.05) is 59.2 Å². The zero-order chi connectivity index (χ0) is 36.6. The number of halogens is 2. The van der Waals surface area contributed by atoms with Gasteiger partial charge in [0.15, 0.2) is 29.2 Å². The van der Waals surface area contributed by atoms with Crippen LogP contribution in [-0.2, 0) is 25.9 Å². The number of nitrogens with one attached hydrogen (secondary N) is 2. The maximum atomic E-state index is 5.49. The maximum Gasteiger partial charge on any atom is 0.168 e. The first-order valence-electron chi connectivity index (χ1n) is 18.8. The lowest BCUT2D eigenvalue weighted by Gasteiger charge is -2.28. The summed E-state index contributed by atoms with van der Waals surface area (Å²) in [4.78, 5) is 18.5. The molecule has 4 aromatic rings. The minimum absolute atomic E-state index is 0.111. The molecule has 2 unspecified atom stereocenters. The molecule has 8 bridgehead atoms. The first-order valence-corrected chi connectivity index (χ1v) is 20.5. The molecule has 3 aliphatic heterocycles. The molecule has 0 spiro atoms. The Hall–Kier alpha value is -3.88. The molecule has 2 atom stereocenters. The van der Waals surface area contributed by atoms with Gasteiger partial charge in [-0.15, -0.1) is 0 Å². The second-order valence-corrected chi connectivity index (χ2v) is 16.4. The summed E-state index contributed by atoms with van der Waals surface area (Å²) in [5, 5.41) is 2.24. The van der Waals surface area contributed by atoms with Crippen LogP contribution in [0.2, 0.25) is 0 Å². The van der Waals surface area contributed by atoms with Crippen molar-refractivity contribution in [2.24, 2.45) is 9.98 Å². The Bertz CT molecular complexity index is 2280. The first-order chi connectivity index (χ1) is 25.1. The third-order valence-electron chi connectivity index (χ3n) is 11.2. The molecule has 0 fully saturated rings. The Balaban J connectivity index is 1.40. The van der Waals surface area contributed by atoms with Crippen LogP contribution in [0.15, 0.2) is 99.2 Å². The number of aromatic amines is 2. The highest BCUT2D eigenvalue weighted by atomic mass is 79.9. The van der Waals surface area contributed by atoms with Crippen LogP contribution in [0.4, 0.5) is 0 Å². The highest BCUT2D eigenvalue weighted by molar-refractivity contribution is 9.12. The molecule has 0 radical (unpaired) electrons. The molecule has 6 nitrogen and oxygen atoms in total. The van der Waals surface area contributed by atoms with E-state index >= 15 is 0 Å². The molecule has 8 heteroatoms. The van der Waals surface area contributed by atoms with E-state index in [1.165, 1.54) is 44.5 Å². The number of H-pyrrole nitrogens is 2. The number of rotatable bonds is 10. The smallest absolute Gasteiger partial charge is 0.168 e. The van der Waals surface area contributed by atoms with Gasteiger partial charge in [0.05, 0.1) is 21.9 Å². The Kier molecular flexibility index (Phi) is 10.7. The molecule has 0 saturated heterocycles. The van der Waals surface area contributed by atoms with Crippen molar-refractivity contribution < 1.29 is 9.13 Å². The summed E-state index contributed by atoms with van der Waals surface area (Å²) in [5.41, 5.74) is 15.7. The van der Waals surface area contributed by atoms with Crippen molar-refractivity contribution in [2.75, 3.05) is 0 Å². The number of allylic oxidation sites excluding steroid dienone is 3. The summed E-state index contributed by atoms with van der Waals surface area (Å²) >= 11 is 8.46. The van der Waals surface area contributed by atoms with E-state index in [0.717, 1.165) is 90.8 Å². The van der Waals surface area contributed by atoms with Gasteiger partial charge < -0.3 is 9.97 Å². The van der Waals surface area contributed by atoms with Gasteiger partial charge in [0.1, 0.15) is 13.1 Å². The lowest BCUT2D eigenvalue weighted by molar-refractivity contribution is -0.697. The third-order valence-corrected chi connectivity index (χ3v) is 14.1. The van der Waals surface area contributed by atoms with Gasteiger partial charge in [-0.3, -0.25) is 4.99 Å². The van der Waals surface area contributed by atoms with Crippen LogP contribution in [-0.4, -0.2) is 25.8 Å². The molecule has 0 aromatic carbocycles. The summed E-state index contributed by atoms with van der Waals surface area (Å²) in [5.74, 6) is 0. The predicted molar refractivity (Wildman–Crippen MR) is 221 cm³/mol. The molecule has 0 amide bonds. The molecule has 7 rings (SSSR count). The summed E-state index contributed by atoms with van der Waals surface area (Å²) in [7, 11) is 0. The van der Waals surface area contributed by atoms with E-state index in [4.69, 9.17) is 9.98 Å². The van der Waals surface area contributed by atoms with Crippen LogP contribution in [0.3, 0.4) is 0 Å². The van der Waals surface area contributed by atoms with E-state index in [1.54, 1.807) is 0 Å². The quantitative estimate of drug-likeness (QED) is 0.0920. The van der Waals surface area contributed by atoms with Gasteiger partial charge >= 0.3 is 0 Å². The summed E-state index contributed by atoms with van der Waals surface area (Å²) in [6.45, 7) is 15.4. The molecular formula is C44H50Br2N6+2. The van der Waals surface area contributed by atoms with Crippen molar-refractivity contribution >= 4 is 61.5 Å². The number of aromatic nitrogens is 4. The van der Waals surface area contributed by atoms with Gasteiger partial charge in [-0.2, -0.15) is 0 Å². The maximum absolute atomic E-state index is 5.49. The van der Waals surface area contributed by atoms with Gasteiger partial charge in [0.2, 0.25) is 0 Å². The first kappa shape index (κ1) is 36.5. The van der Waals surface area contributed by atoms with Crippen molar-refractivity contribution in [3.63, 3.8) is 0 Å². The molecular weight excluding hydrogens is 772 g/mol. The molecule has 7 heterocycles. The topological polar surface area (TPSA) is 64.1 Å². The van der Waals surface area contributed by atoms with Gasteiger partial charge in [-0.1, -0.05) is 57.8 Å². The second-order valence-electron chi connectivity index (χ2n) is 14.3. The van der Waals surface area contributed by atoms with E-state index in [1.807, 2.05) is 0 Å². The third kappa shape index (κ3) is 6.84. The number of aliphatic imine (C=N–C) groups is 2. The second kappa shape index (κ2) is 15.2. The lowest BCUT2D eigenvalue weighted by Crippen LogP contribution is -2.32. The number of hydrogen-bond donors (Lipinski definition) is 2. The van der Waals surface area contributed by atoms with E-state index in [0.29, 0.717) is 0 Å². The molecule has 52 heavy (non-hydrogen) atoms. The van der Waals surface area contributed by atoms with Crippen molar-refractivity contribution in [1.82, 2.24) is 9.97 Å².